The van der Waals surface area contributed by atoms with Crippen LogP contribution in [0, 0.1) is 18.7 Å². The third kappa shape index (κ3) is 4.02. The van der Waals surface area contributed by atoms with E-state index in [1.54, 1.807) is 24.6 Å². The van der Waals surface area contributed by atoms with Crippen LogP contribution >= 0.6 is 0 Å². The molecule has 0 radical (unpaired) electrons. The van der Waals surface area contributed by atoms with Gasteiger partial charge in [0.1, 0.15) is 5.82 Å². The van der Waals surface area contributed by atoms with E-state index >= 15 is 0 Å². The number of imidazole rings is 1. The predicted octanol–water partition coefficient (Wildman–Crippen LogP) is 1.92. The number of methoxy groups -OCH3 is 1. The fraction of sp³-hybridized carbons (Fsp3) is 0.444. The summed E-state index contributed by atoms with van der Waals surface area (Å²) in [5, 5.41) is 2.70. The van der Waals surface area contributed by atoms with Crippen LogP contribution in [0.4, 0.5) is 10.1 Å². The normalized spacial score (nSPS) is 16.1. The molecule has 2 heterocycles. The van der Waals surface area contributed by atoms with Gasteiger partial charge < -0.3 is 14.6 Å². The van der Waals surface area contributed by atoms with Gasteiger partial charge in [0.2, 0.25) is 5.91 Å². The largest absolute Gasteiger partial charge is 0.494 e. The minimum atomic E-state index is -3.68. The minimum absolute atomic E-state index is 0.0177. The molecule has 1 amide bonds. The summed E-state index contributed by atoms with van der Waals surface area (Å²) in [4.78, 5) is 16.6. The van der Waals surface area contributed by atoms with Crippen molar-refractivity contribution in [3.05, 3.63) is 36.0 Å². The van der Waals surface area contributed by atoms with E-state index in [2.05, 4.69) is 10.3 Å². The number of rotatable bonds is 5. The number of aromatic nitrogens is 2. The van der Waals surface area contributed by atoms with Crippen LogP contribution in [-0.2, 0) is 21.9 Å². The van der Waals surface area contributed by atoms with Crippen LogP contribution < -0.4 is 10.1 Å². The zero-order valence-corrected chi connectivity index (χ0v) is 16.8. The number of ether oxygens (including phenoxy) is 1. The van der Waals surface area contributed by atoms with Gasteiger partial charge in [0.05, 0.1) is 7.11 Å². The van der Waals surface area contributed by atoms with Gasteiger partial charge in [-0.25, -0.2) is 17.8 Å². The summed E-state index contributed by atoms with van der Waals surface area (Å²) >= 11 is 0. The van der Waals surface area contributed by atoms with Gasteiger partial charge >= 0.3 is 0 Å². The van der Waals surface area contributed by atoms with Crippen molar-refractivity contribution in [3.8, 4) is 5.75 Å². The Morgan fingerprint density at radius 2 is 2.00 bits per heavy atom. The van der Waals surface area contributed by atoms with Crippen molar-refractivity contribution in [2.45, 2.75) is 24.8 Å². The summed E-state index contributed by atoms with van der Waals surface area (Å²) in [6.45, 7) is 2.19. The second-order valence-electron chi connectivity index (χ2n) is 6.75. The molecular formula is C18H23FN4O4S. The van der Waals surface area contributed by atoms with Crippen LogP contribution in [0.2, 0.25) is 0 Å². The summed E-state index contributed by atoms with van der Waals surface area (Å²) in [5.74, 6) is -0.454. The molecule has 3 rings (SSSR count). The lowest BCUT2D eigenvalue weighted by atomic mass is 9.97. The SMILES string of the molecule is COc1ccc(NC(=O)C2CCN(S(=O)(=O)c3cn(C)c(C)n3)CC2)cc1F. The molecule has 152 valence electrons. The molecule has 1 N–H and O–H groups in total. The third-order valence-corrected chi connectivity index (χ3v) is 6.71. The highest BCUT2D eigenvalue weighted by Crippen LogP contribution is 2.26. The van der Waals surface area contributed by atoms with Gasteiger partial charge in [0.25, 0.3) is 10.0 Å². The van der Waals surface area contributed by atoms with E-state index in [0.29, 0.717) is 24.4 Å². The van der Waals surface area contributed by atoms with Crippen molar-refractivity contribution in [1.29, 1.82) is 0 Å². The highest BCUT2D eigenvalue weighted by Gasteiger charge is 2.33. The summed E-state index contributed by atoms with van der Waals surface area (Å²) in [6, 6.07) is 4.19. The van der Waals surface area contributed by atoms with E-state index in [1.807, 2.05) is 0 Å². The molecule has 8 nitrogen and oxygen atoms in total. The molecule has 28 heavy (non-hydrogen) atoms. The van der Waals surface area contributed by atoms with Gasteiger partial charge in [-0.1, -0.05) is 0 Å². The molecule has 1 fully saturated rings. The number of sulfonamides is 1. The highest BCUT2D eigenvalue weighted by molar-refractivity contribution is 7.89. The Labute approximate surface area is 163 Å². The molecule has 10 heteroatoms. The number of piperidine rings is 1. The molecule has 0 saturated carbocycles. The highest BCUT2D eigenvalue weighted by atomic mass is 32.2. The number of carbonyl (C=O) groups excluding carboxylic acids is 1. The Morgan fingerprint density at radius 1 is 1.32 bits per heavy atom. The van der Waals surface area contributed by atoms with Gasteiger partial charge in [0.15, 0.2) is 16.6 Å². The fourth-order valence-electron chi connectivity index (χ4n) is 3.13. The number of hydrogen-bond donors (Lipinski definition) is 1. The number of nitrogens with one attached hydrogen (secondary N) is 1. The first-order valence-electron chi connectivity index (χ1n) is 8.87. The number of carbonyl (C=O) groups is 1. The second-order valence-corrected chi connectivity index (χ2v) is 8.64. The van der Waals surface area contributed by atoms with Crippen molar-refractivity contribution < 1.29 is 22.3 Å². The van der Waals surface area contributed by atoms with Crippen LogP contribution in [0.1, 0.15) is 18.7 Å². The molecule has 0 aliphatic carbocycles. The van der Waals surface area contributed by atoms with Gasteiger partial charge in [-0.3, -0.25) is 4.79 Å². The maximum atomic E-state index is 13.8. The van der Waals surface area contributed by atoms with Crippen molar-refractivity contribution in [2.24, 2.45) is 13.0 Å². The predicted molar refractivity (Wildman–Crippen MR) is 101 cm³/mol. The number of nitrogens with zero attached hydrogens (tertiary/aromatic N) is 3. The molecule has 1 aliphatic heterocycles. The van der Waals surface area contributed by atoms with Crippen LogP contribution in [0.25, 0.3) is 0 Å². The van der Waals surface area contributed by atoms with Crippen molar-refractivity contribution >= 4 is 21.6 Å². The lowest BCUT2D eigenvalue weighted by molar-refractivity contribution is -0.120. The molecule has 1 aliphatic rings. The van der Waals surface area contributed by atoms with Crippen molar-refractivity contribution in [1.82, 2.24) is 13.9 Å². The van der Waals surface area contributed by atoms with Crippen LogP contribution in [0.3, 0.4) is 0 Å². The van der Waals surface area contributed by atoms with Crippen molar-refractivity contribution in [2.75, 3.05) is 25.5 Å². The summed E-state index contributed by atoms with van der Waals surface area (Å²) in [7, 11) is -0.577. The zero-order valence-electron chi connectivity index (χ0n) is 16.0. The average molecular weight is 410 g/mol. The first-order chi connectivity index (χ1) is 13.2. The number of halogens is 1. The summed E-state index contributed by atoms with van der Waals surface area (Å²) in [6.07, 6.45) is 2.26. The standard InChI is InChI=1S/C18H23FN4O4S/c1-12-20-17(11-22(12)2)28(25,26)23-8-6-13(7-9-23)18(24)21-14-4-5-16(27-3)15(19)10-14/h4-5,10-11,13H,6-9H2,1-3H3,(H,21,24). The monoisotopic (exact) mass is 410 g/mol. The summed E-state index contributed by atoms with van der Waals surface area (Å²) < 4.78 is 47.0. The first-order valence-corrected chi connectivity index (χ1v) is 10.3. The average Bonchev–Trinajstić information content (AvgIpc) is 3.01. The van der Waals surface area contributed by atoms with Crippen LogP contribution in [0.5, 0.6) is 5.75 Å². The summed E-state index contributed by atoms with van der Waals surface area (Å²) in [5.41, 5.74) is 0.335. The van der Waals surface area contributed by atoms with Crippen molar-refractivity contribution in [3.63, 3.8) is 0 Å². The number of benzene rings is 1. The second kappa shape index (κ2) is 7.88. The van der Waals surface area contributed by atoms with E-state index in [0.717, 1.165) is 0 Å². The molecule has 0 unspecified atom stereocenters. The van der Waals surface area contributed by atoms with Gasteiger partial charge in [-0.2, -0.15) is 4.31 Å². The zero-order chi connectivity index (χ0) is 20.5. The smallest absolute Gasteiger partial charge is 0.262 e. The molecule has 1 aromatic heterocycles. The van der Waals surface area contributed by atoms with E-state index in [4.69, 9.17) is 4.74 Å². The molecule has 0 bridgehead atoms. The quantitative estimate of drug-likeness (QED) is 0.813. The maximum Gasteiger partial charge on any atom is 0.262 e. The number of anilines is 1. The lowest BCUT2D eigenvalue weighted by Gasteiger charge is -2.29. The Balaban J connectivity index is 1.61. The van der Waals surface area contributed by atoms with E-state index < -0.39 is 15.8 Å². The maximum absolute atomic E-state index is 13.8. The Hall–Kier alpha value is -2.46. The topological polar surface area (TPSA) is 93.5 Å². The molecule has 2 aromatic rings. The molecule has 1 saturated heterocycles. The number of hydrogen-bond acceptors (Lipinski definition) is 5. The molecule has 0 atom stereocenters. The van der Waals surface area contributed by atoms with Crippen LogP contribution in [0.15, 0.2) is 29.4 Å². The van der Waals surface area contributed by atoms with E-state index in [9.17, 15) is 17.6 Å². The molecule has 1 aromatic carbocycles. The Morgan fingerprint density at radius 3 is 2.54 bits per heavy atom. The Bertz CT molecular complexity index is 962. The Kier molecular flexibility index (Phi) is 5.71. The first kappa shape index (κ1) is 20.3. The van der Waals surface area contributed by atoms with E-state index in [1.165, 1.54) is 29.7 Å². The molecule has 0 spiro atoms. The lowest BCUT2D eigenvalue weighted by Crippen LogP contribution is -2.41. The van der Waals surface area contributed by atoms with Crippen LogP contribution in [-0.4, -0.2) is 48.4 Å². The number of aryl methyl sites for hydroxylation is 2. The molecular weight excluding hydrogens is 387 g/mol. The van der Waals surface area contributed by atoms with Gasteiger partial charge in [-0.05, 0) is 31.9 Å². The van der Waals surface area contributed by atoms with Gasteiger partial charge in [-0.15, -0.1) is 0 Å². The fourth-order valence-corrected chi connectivity index (χ4v) is 4.62. The van der Waals surface area contributed by atoms with E-state index in [-0.39, 0.29) is 35.7 Å². The number of amides is 1. The minimum Gasteiger partial charge on any atom is -0.494 e. The van der Waals surface area contributed by atoms with Gasteiger partial charge in [0, 0.05) is 44.0 Å². The third-order valence-electron chi connectivity index (χ3n) is 4.93.